The molecule has 0 radical (unpaired) electrons. The molecule has 0 amide bonds. The molecule has 18 atom stereocenters. The van der Waals surface area contributed by atoms with Crippen LogP contribution in [0.1, 0.15) is 198 Å². The van der Waals surface area contributed by atoms with Gasteiger partial charge in [-0.05, 0) is 159 Å². The highest BCUT2D eigenvalue weighted by atomic mass is 16.5. The topological polar surface area (TPSA) is 49.7 Å². The van der Waals surface area contributed by atoms with Gasteiger partial charge in [-0.15, -0.1) is 0 Å². The first-order valence-electron chi connectivity index (χ1n) is 25.4. The molecule has 2 N–H and O–H groups in total. The van der Waals surface area contributed by atoms with E-state index in [0.717, 1.165) is 84.9 Å². The number of aliphatic hydroxyl groups is 2. The van der Waals surface area contributed by atoms with E-state index in [-0.39, 0.29) is 35.2 Å². The van der Waals surface area contributed by atoms with Gasteiger partial charge < -0.3 is 14.9 Å². The molecular weight excluding hydrogens is 697 g/mol. The number of fused-ring (bicyclic) bond motifs is 10. The summed E-state index contributed by atoms with van der Waals surface area (Å²) in [6, 6.07) is 0. The van der Waals surface area contributed by atoms with Crippen LogP contribution >= 0.6 is 0 Å². The quantitative estimate of drug-likeness (QED) is 0.194. The van der Waals surface area contributed by atoms with Crippen molar-refractivity contribution in [3.05, 3.63) is 23.3 Å². The molecule has 6 saturated carbocycles. The number of allylic oxidation sites excluding steroid dienone is 2. The maximum atomic E-state index is 11.6. The Labute approximate surface area is 351 Å². The number of hydrogen-bond acceptors (Lipinski definition) is 3. The predicted molar refractivity (Wildman–Crippen MR) is 238 cm³/mol. The van der Waals surface area contributed by atoms with E-state index in [0.29, 0.717) is 22.7 Å². The van der Waals surface area contributed by atoms with Crippen LogP contribution in [-0.4, -0.2) is 34.6 Å². The molecule has 0 aromatic carbocycles. The first-order valence-corrected chi connectivity index (χ1v) is 25.4. The summed E-state index contributed by atoms with van der Waals surface area (Å²) in [5, 5.41) is 23.2. The second-order valence-corrected chi connectivity index (χ2v) is 24.6. The van der Waals surface area contributed by atoms with E-state index in [1.165, 1.54) is 114 Å². The predicted octanol–water partition coefficient (Wildman–Crippen LogP) is 13.8. The second-order valence-electron chi connectivity index (χ2n) is 24.6. The van der Waals surface area contributed by atoms with Crippen LogP contribution < -0.4 is 0 Å². The average Bonchev–Trinajstić information content (AvgIpc) is 3.69. The zero-order valence-corrected chi connectivity index (χ0v) is 38.8. The molecule has 6 fully saturated rings. The SMILES string of the molecule is CC(C)CCC[C@@H](C)[C@H]1CC[C@H]2[C@@H]3CC=C4C[C@H](O)CC(OC5C[C@@H](O)CC6=CC[C@H]7[C@@H]8CC[C@H]([C@H](C)CCCC(C)C)[C@@]8(C)CC[C@@H]7[C@]65C)[C@]4(C)[C@H]3CC[C@]12C. The number of rotatable bonds is 12. The summed E-state index contributed by atoms with van der Waals surface area (Å²) in [7, 11) is 0. The minimum absolute atomic E-state index is 0.0157. The van der Waals surface area contributed by atoms with Crippen LogP contribution in [0, 0.1) is 92.7 Å². The molecular formula is C54H90O3. The Bertz CT molecular complexity index is 1370. The van der Waals surface area contributed by atoms with E-state index >= 15 is 0 Å². The largest absolute Gasteiger partial charge is 0.393 e. The molecule has 3 heteroatoms. The van der Waals surface area contributed by atoms with Crippen LogP contribution in [0.15, 0.2) is 23.3 Å². The average molecular weight is 787 g/mol. The van der Waals surface area contributed by atoms with Crippen LogP contribution in [0.3, 0.4) is 0 Å². The zero-order chi connectivity index (χ0) is 40.7. The van der Waals surface area contributed by atoms with Crippen LogP contribution in [0.25, 0.3) is 0 Å². The molecule has 0 aromatic rings. The Hall–Kier alpha value is -0.640. The lowest BCUT2D eigenvalue weighted by atomic mass is 9.45. The van der Waals surface area contributed by atoms with Crippen molar-refractivity contribution < 1.29 is 14.9 Å². The van der Waals surface area contributed by atoms with Gasteiger partial charge in [0.15, 0.2) is 0 Å². The second kappa shape index (κ2) is 16.2. The molecule has 0 bridgehead atoms. The molecule has 0 heterocycles. The minimum atomic E-state index is -0.328. The molecule has 8 aliphatic rings. The monoisotopic (exact) mass is 787 g/mol. The fourth-order valence-corrected chi connectivity index (χ4v) is 18.0. The fourth-order valence-electron chi connectivity index (χ4n) is 18.0. The summed E-state index contributed by atoms with van der Waals surface area (Å²) in [5.74, 6) is 9.34. The van der Waals surface area contributed by atoms with Crippen LogP contribution in [-0.2, 0) is 4.74 Å². The highest BCUT2D eigenvalue weighted by Crippen LogP contribution is 2.70. The standard InChI is InChI=1S/C54H90O3/c1-33(2)13-11-15-35(5)43-21-23-45-41-19-17-37-29-39(55)31-49(53(37,9)47(41)25-27-51(43,45)7)57-50-32-40(56)30-38-18-20-42-46-24-22-44(36(6)16-12-14-34(3)4)52(46,8)28-26-48(42)54(38,50)10/h17-18,33-36,39-50,55-56H,11-16,19-32H2,1-10H3/t35-,36-,39+,40+,41+,42+,43-,44-,45+,46+,47+,48+,49?,50?,51-,52-,53+,54+/m1/s1. The summed E-state index contributed by atoms with van der Waals surface area (Å²) >= 11 is 0. The van der Waals surface area contributed by atoms with Crippen molar-refractivity contribution in [3.8, 4) is 0 Å². The lowest BCUT2D eigenvalue weighted by Gasteiger charge is -2.63. The lowest BCUT2D eigenvalue weighted by molar-refractivity contribution is -0.198. The molecule has 57 heavy (non-hydrogen) atoms. The van der Waals surface area contributed by atoms with Crippen molar-refractivity contribution in [2.45, 2.75) is 222 Å². The van der Waals surface area contributed by atoms with Crippen molar-refractivity contribution in [2.24, 2.45) is 92.7 Å². The molecule has 8 rings (SSSR count). The minimum Gasteiger partial charge on any atom is -0.393 e. The zero-order valence-electron chi connectivity index (χ0n) is 38.8. The number of hydrogen-bond donors (Lipinski definition) is 2. The van der Waals surface area contributed by atoms with E-state index in [9.17, 15) is 10.2 Å². The van der Waals surface area contributed by atoms with Crippen molar-refractivity contribution >= 4 is 0 Å². The maximum Gasteiger partial charge on any atom is 0.0697 e. The smallest absolute Gasteiger partial charge is 0.0697 e. The van der Waals surface area contributed by atoms with Gasteiger partial charge >= 0.3 is 0 Å². The van der Waals surface area contributed by atoms with Gasteiger partial charge in [-0.1, -0.05) is 131 Å². The molecule has 324 valence electrons. The Kier molecular flexibility index (Phi) is 12.3. The van der Waals surface area contributed by atoms with E-state index in [4.69, 9.17) is 4.74 Å². The first kappa shape index (κ1) is 43.0. The van der Waals surface area contributed by atoms with Crippen molar-refractivity contribution in [1.82, 2.24) is 0 Å². The van der Waals surface area contributed by atoms with Crippen molar-refractivity contribution in [1.29, 1.82) is 0 Å². The van der Waals surface area contributed by atoms with Crippen LogP contribution in [0.2, 0.25) is 0 Å². The summed E-state index contributed by atoms with van der Waals surface area (Å²) < 4.78 is 7.83. The Morgan fingerprint density at radius 3 is 1.35 bits per heavy atom. The third-order valence-electron chi connectivity index (χ3n) is 21.0. The third kappa shape index (κ3) is 7.26. The summed E-state index contributed by atoms with van der Waals surface area (Å²) in [6.07, 6.45) is 29.6. The maximum absolute atomic E-state index is 11.6. The highest BCUT2D eigenvalue weighted by molar-refractivity contribution is 5.31. The molecule has 0 saturated heterocycles. The summed E-state index contributed by atoms with van der Waals surface area (Å²) in [4.78, 5) is 0. The van der Waals surface area contributed by atoms with E-state index in [1.54, 1.807) is 0 Å². The van der Waals surface area contributed by atoms with Gasteiger partial charge in [0, 0.05) is 23.7 Å². The Morgan fingerprint density at radius 1 is 0.561 bits per heavy atom. The lowest BCUT2D eigenvalue weighted by Crippen LogP contribution is -2.60. The molecule has 3 nitrogen and oxygen atoms in total. The van der Waals surface area contributed by atoms with E-state index in [1.807, 2.05) is 0 Å². The van der Waals surface area contributed by atoms with Crippen LogP contribution in [0.5, 0.6) is 0 Å². The Morgan fingerprint density at radius 2 is 0.965 bits per heavy atom. The first-order chi connectivity index (χ1) is 27.0. The fraction of sp³-hybridized carbons (Fsp3) is 0.926. The van der Waals surface area contributed by atoms with Gasteiger partial charge in [0.1, 0.15) is 0 Å². The van der Waals surface area contributed by atoms with E-state index in [2.05, 4.69) is 81.4 Å². The molecule has 0 spiro atoms. The van der Waals surface area contributed by atoms with Crippen LogP contribution in [0.4, 0.5) is 0 Å². The highest BCUT2D eigenvalue weighted by Gasteiger charge is 2.65. The number of aliphatic hydroxyl groups excluding tert-OH is 2. The molecule has 2 unspecified atom stereocenters. The van der Waals surface area contributed by atoms with Gasteiger partial charge in [0.25, 0.3) is 0 Å². The molecule has 0 aromatic heterocycles. The van der Waals surface area contributed by atoms with Gasteiger partial charge in [-0.2, -0.15) is 0 Å². The summed E-state index contributed by atoms with van der Waals surface area (Å²) in [5.41, 5.74) is 3.89. The van der Waals surface area contributed by atoms with Crippen molar-refractivity contribution in [3.63, 3.8) is 0 Å². The van der Waals surface area contributed by atoms with Gasteiger partial charge in [-0.25, -0.2) is 0 Å². The normalized spacial score (nSPS) is 48.9. The van der Waals surface area contributed by atoms with Gasteiger partial charge in [0.2, 0.25) is 0 Å². The number of ether oxygens (including phenoxy) is 1. The van der Waals surface area contributed by atoms with Gasteiger partial charge in [-0.3, -0.25) is 0 Å². The van der Waals surface area contributed by atoms with E-state index < -0.39 is 0 Å². The van der Waals surface area contributed by atoms with Gasteiger partial charge in [0.05, 0.1) is 24.4 Å². The third-order valence-corrected chi connectivity index (χ3v) is 21.0. The Balaban J connectivity index is 1.03. The summed E-state index contributed by atoms with van der Waals surface area (Å²) in [6.45, 7) is 25.4. The molecule has 8 aliphatic carbocycles. The van der Waals surface area contributed by atoms with Crippen molar-refractivity contribution in [2.75, 3.05) is 0 Å². The molecule has 0 aliphatic heterocycles.